The Kier molecular flexibility index (Phi) is 4.85. The monoisotopic (exact) mass is 272 g/mol. The maximum Gasteiger partial charge on any atom is 0.146 e. The molecule has 1 unspecified atom stereocenters. The van der Waals surface area contributed by atoms with Crippen molar-refractivity contribution in [3.05, 3.63) is 64.7 Å². The first-order chi connectivity index (χ1) is 9.63. The van der Waals surface area contributed by atoms with Crippen LogP contribution in [-0.2, 0) is 6.42 Å². The molecule has 0 aliphatic heterocycles. The maximum absolute atomic E-state index is 14.0. The van der Waals surface area contributed by atoms with E-state index in [1.54, 1.807) is 12.3 Å². The van der Waals surface area contributed by atoms with Gasteiger partial charge in [-0.25, -0.2) is 4.39 Å². The van der Waals surface area contributed by atoms with Crippen molar-refractivity contribution in [2.24, 2.45) is 0 Å². The second-order valence-electron chi connectivity index (χ2n) is 5.06. The highest BCUT2D eigenvalue weighted by Gasteiger charge is 2.18. The molecular weight excluding hydrogens is 251 g/mol. The molecule has 0 aliphatic carbocycles. The summed E-state index contributed by atoms with van der Waals surface area (Å²) in [6.45, 7) is 7.00. The Morgan fingerprint density at radius 3 is 2.45 bits per heavy atom. The Labute approximate surface area is 120 Å². The first kappa shape index (κ1) is 14.7. The van der Waals surface area contributed by atoms with Crippen LogP contribution in [0.1, 0.15) is 35.3 Å². The molecule has 0 saturated heterocycles. The molecule has 0 saturated carbocycles. The van der Waals surface area contributed by atoms with Crippen molar-refractivity contribution in [1.29, 1.82) is 0 Å². The Morgan fingerprint density at radius 2 is 1.85 bits per heavy atom. The van der Waals surface area contributed by atoms with E-state index in [1.165, 1.54) is 22.8 Å². The van der Waals surface area contributed by atoms with Crippen LogP contribution in [-0.4, -0.2) is 11.5 Å². The van der Waals surface area contributed by atoms with Crippen LogP contribution in [0, 0.1) is 19.7 Å². The summed E-state index contributed by atoms with van der Waals surface area (Å²) < 4.78 is 14.0. The molecule has 0 fully saturated rings. The predicted octanol–water partition coefficient (Wildman–Crippen LogP) is 3.73. The van der Waals surface area contributed by atoms with E-state index < -0.39 is 0 Å². The summed E-state index contributed by atoms with van der Waals surface area (Å²) >= 11 is 0. The van der Waals surface area contributed by atoms with Crippen LogP contribution in [0.2, 0.25) is 0 Å². The van der Waals surface area contributed by atoms with Crippen molar-refractivity contribution in [2.45, 2.75) is 33.2 Å². The SMILES string of the molecule is CCNC(Cc1c(C)cccc1C)c1ncccc1F. The third-order valence-corrected chi connectivity index (χ3v) is 3.62. The summed E-state index contributed by atoms with van der Waals surface area (Å²) in [6, 6.07) is 9.25. The first-order valence-electron chi connectivity index (χ1n) is 7.02. The van der Waals surface area contributed by atoms with Gasteiger partial charge in [0.15, 0.2) is 0 Å². The lowest BCUT2D eigenvalue weighted by molar-refractivity contribution is 0.493. The molecule has 0 aliphatic rings. The van der Waals surface area contributed by atoms with Crippen LogP contribution in [0.3, 0.4) is 0 Å². The molecule has 1 aromatic heterocycles. The normalized spacial score (nSPS) is 12.4. The van der Waals surface area contributed by atoms with E-state index in [0.29, 0.717) is 5.69 Å². The zero-order chi connectivity index (χ0) is 14.5. The number of rotatable bonds is 5. The molecule has 1 N–H and O–H groups in total. The van der Waals surface area contributed by atoms with Crippen LogP contribution in [0.4, 0.5) is 4.39 Å². The van der Waals surface area contributed by atoms with Crippen LogP contribution in [0.15, 0.2) is 36.5 Å². The molecule has 1 aromatic carbocycles. The van der Waals surface area contributed by atoms with Gasteiger partial charge < -0.3 is 5.32 Å². The quantitative estimate of drug-likeness (QED) is 0.897. The summed E-state index contributed by atoms with van der Waals surface area (Å²) in [7, 11) is 0. The summed E-state index contributed by atoms with van der Waals surface area (Å²) in [5.74, 6) is -0.246. The van der Waals surface area contributed by atoms with Gasteiger partial charge in [-0.05, 0) is 55.6 Å². The number of hydrogen-bond donors (Lipinski definition) is 1. The van der Waals surface area contributed by atoms with Crippen molar-refractivity contribution < 1.29 is 4.39 Å². The van der Waals surface area contributed by atoms with Gasteiger partial charge in [0.2, 0.25) is 0 Å². The van der Waals surface area contributed by atoms with Crippen molar-refractivity contribution in [3.8, 4) is 0 Å². The number of halogens is 1. The van der Waals surface area contributed by atoms with Crippen molar-refractivity contribution in [3.63, 3.8) is 0 Å². The fourth-order valence-electron chi connectivity index (χ4n) is 2.54. The molecule has 3 heteroatoms. The third-order valence-electron chi connectivity index (χ3n) is 3.62. The van der Waals surface area contributed by atoms with Crippen molar-refractivity contribution >= 4 is 0 Å². The van der Waals surface area contributed by atoms with Gasteiger partial charge in [-0.2, -0.15) is 0 Å². The zero-order valence-corrected chi connectivity index (χ0v) is 12.3. The maximum atomic E-state index is 14.0. The van der Waals surface area contributed by atoms with Gasteiger partial charge in [0.25, 0.3) is 0 Å². The molecule has 2 nitrogen and oxygen atoms in total. The Bertz CT molecular complexity index is 561. The van der Waals surface area contributed by atoms with Gasteiger partial charge in [0.05, 0.1) is 11.7 Å². The molecule has 1 heterocycles. The molecule has 20 heavy (non-hydrogen) atoms. The lowest BCUT2D eigenvalue weighted by Crippen LogP contribution is -2.25. The van der Waals surface area contributed by atoms with Crippen LogP contribution >= 0.6 is 0 Å². The number of pyridine rings is 1. The minimum absolute atomic E-state index is 0.0963. The van der Waals surface area contributed by atoms with Gasteiger partial charge in [0.1, 0.15) is 5.82 Å². The molecule has 2 rings (SSSR count). The summed E-state index contributed by atoms with van der Waals surface area (Å²) in [6.07, 6.45) is 2.40. The number of hydrogen-bond acceptors (Lipinski definition) is 2. The second-order valence-corrected chi connectivity index (χ2v) is 5.06. The number of aromatic nitrogens is 1. The highest BCUT2D eigenvalue weighted by atomic mass is 19.1. The Balaban J connectivity index is 2.33. The average Bonchev–Trinajstić information content (AvgIpc) is 2.43. The highest BCUT2D eigenvalue weighted by molar-refractivity contribution is 5.35. The van der Waals surface area contributed by atoms with E-state index in [2.05, 4.69) is 42.3 Å². The second kappa shape index (κ2) is 6.62. The van der Waals surface area contributed by atoms with E-state index in [0.717, 1.165) is 13.0 Å². The van der Waals surface area contributed by atoms with E-state index in [4.69, 9.17) is 0 Å². The third kappa shape index (κ3) is 3.23. The molecule has 106 valence electrons. The van der Waals surface area contributed by atoms with Crippen LogP contribution in [0.5, 0.6) is 0 Å². The average molecular weight is 272 g/mol. The summed E-state index contributed by atoms with van der Waals surface area (Å²) in [5.41, 5.74) is 4.24. The van der Waals surface area contributed by atoms with Crippen LogP contribution < -0.4 is 5.32 Å². The van der Waals surface area contributed by atoms with E-state index in [1.807, 2.05) is 6.92 Å². The first-order valence-corrected chi connectivity index (χ1v) is 7.02. The Morgan fingerprint density at radius 1 is 1.15 bits per heavy atom. The van der Waals surface area contributed by atoms with Gasteiger partial charge in [-0.15, -0.1) is 0 Å². The smallest absolute Gasteiger partial charge is 0.146 e. The number of benzene rings is 1. The van der Waals surface area contributed by atoms with Crippen molar-refractivity contribution in [1.82, 2.24) is 10.3 Å². The van der Waals surface area contributed by atoms with Gasteiger partial charge >= 0.3 is 0 Å². The fraction of sp³-hybridized carbons (Fsp3) is 0.353. The summed E-state index contributed by atoms with van der Waals surface area (Å²) in [5, 5.41) is 3.34. The molecule has 0 spiro atoms. The van der Waals surface area contributed by atoms with Gasteiger partial charge in [-0.1, -0.05) is 25.1 Å². The lowest BCUT2D eigenvalue weighted by atomic mass is 9.94. The minimum Gasteiger partial charge on any atom is -0.309 e. The summed E-state index contributed by atoms with van der Waals surface area (Å²) in [4.78, 5) is 4.22. The molecule has 1 atom stereocenters. The molecule has 0 bridgehead atoms. The number of likely N-dealkylation sites (N-methyl/N-ethyl adjacent to an activating group) is 1. The number of nitrogens with one attached hydrogen (secondary N) is 1. The number of aryl methyl sites for hydroxylation is 2. The van der Waals surface area contributed by atoms with Gasteiger partial charge in [0, 0.05) is 6.20 Å². The standard InChI is InChI=1S/C17H21FN2/c1-4-19-16(17-15(18)9-6-10-20-17)11-14-12(2)7-5-8-13(14)3/h5-10,16,19H,4,11H2,1-3H3. The molecular formula is C17H21FN2. The number of nitrogens with zero attached hydrogens (tertiary/aromatic N) is 1. The molecule has 0 amide bonds. The van der Waals surface area contributed by atoms with Gasteiger partial charge in [-0.3, -0.25) is 4.98 Å². The topological polar surface area (TPSA) is 24.9 Å². The van der Waals surface area contributed by atoms with E-state index in [9.17, 15) is 4.39 Å². The largest absolute Gasteiger partial charge is 0.309 e. The highest BCUT2D eigenvalue weighted by Crippen LogP contribution is 2.23. The van der Waals surface area contributed by atoms with E-state index in [-0.39, 0.29) is 11.9 Å². The van der Waals surface area contributed by atoms with Crippen LogP contribution in [0.25, 0.3) is 0 Å². The molecule has 2 aromatic rings. The lowest BCUT2D eigenvalue weighted by Gasteiger charge is -2.20. The fourth-order valence-corrected chi connectivity index (χ4v) is 2.54. The minimum atomic E-state index is -0.246. The zero-order valence-electron chi connectivity index (χ0n) is 12.3. The molecule has 0 radical (unpaired) electrons. The predicted molar refractivity (Wildman–Crippen MR) is 80.2 cm³/mol. The van der Waals surface area contributed by atoms with Crippen molar-refractivity contribution in [2.75, 3.05) is 6.54 Å². The van der Waals surface area contributed by atoms with E-state index >= 15 is 0 Å². The Hall–Kier alpha value is -1.74.